The van der Waals surface area contributed by atoms with Gasteiger partial charge in [-0.25, -0.2) is 4.68 Å². The number of hydrogen-bond acceptors (Lipinski definition) is 7. The Morgan fingerprint density at radius 2 is 1.82 bits per heavy atom. The van der Waals surface area contributed by atoms with Crippen molar-refractivity contribution >= 4 is 23.7 Å². The summed E-state index contributed by atoms with van der Waals surface area (Å²) in [4.78, 5) is 38.9. The number of ether oxygens (including phenoxy) is 2. The first-order valence-corrected chi connectivity index (χ1v) is 13.8. The molecule has 212 valence electrons. The van der Waals surface area contributed by atoms with Crippen molar-refractivity contribution in [3.05, 3.63) is 77.1 Å². The standard InChI is InChI=1S/C30H38N6O4/c1-5-6-17-40-26(37)21-34(3)30(36-15-18-39-19-16-36)32-29-31-28(33-35(29)4)22(2)24-13-10-14-25(20-24)27(38)23-11-8-7-9-12-23/h7-14,20,22H,5-6,15-19,21H2,1-4H3/b32-30+. The topological polar surface area (TPSA) is 102 Å². The van der Waals surface area contributed by atoms with Gasteiger partial charge in [-0.3, -0.25) is 9.59 Å². The fourth-order valence-electron chi connectivity index (χ4n) is 4.42. The Morgan fingerprint density at radius 1 is 1.10 bits per heavy atom. The first kappa shape index (κ1) is 28.9. The fourth-order valence-corrected chi connectivity index (χ4v) is 4.42. The van der Waals surface area contributed by atoms with Crippen LogP contribution in [0.1, 0.15) is 59.9 Å². The quantitative estimate of drug-likeness (QED) is 0.124. The van der Waals surface area contributed by atoms with Gasteiger partial charge in [0.15, 0.2) is 11.6 Å². The lowest BCUT2D eigenvalue weighted by Gasteiger charge is -2.34. The Balaban J connectivity index is 1.56. The van der Waals surface area contributed by atoms with Crippen LogP contribution in [0.3, 0.4) is 0 Å². The summed E-state index contributed by atoms with van der Waals surface area (Å²) in [7, 11) is 3.62. The van der Waals surface area contributed by atoms with Crippen LogP contribution in [-0.2, 0) is 21.3 Å². The van der Waals surface area contributed by atoms with Gasteiger partial charge in [-0.1, -0.05) is 68.8 Å². The molecule has 1 fully saturated rings. The van der Waals surface area contributed by atoms with Crippen LogP contribution in [0, 0.1) is 0 Å². The van der Waals surface area contributed by atoms with E-state index in [1.807, 2.05) is 68.6 Å². The zero-order valence-electron chi connectivity index (χ0n) is 23.7. The predicted molar refractivity (Wildman–Crippen MR) is 153 cm³/mol. The van der Waals surface area contributed by atoms with Crippen molar-refractivity contribution in [1.29, 1.82) is 0 Å². The Bertz CT molecular complexity index is 1320. The molecule has 1 atom stereocenters. The van der Waals surface area contributed by atoms with Gasteiger partial charge in [0.2, 0.25) is 5.96 Å². The Morgan fingerprint density at radius 3 is 2.55 bits per heavy atom. The molecular formula is C30H38N6O4. The maximum absolute atomic E-state index is 13.0. The summed E-state index contributed by atoms with van der Waals surface area (Å²) < 4.78 is 12.5. The first-order valence-electron chi connectivity index (χ1n) is 13.8. The van der Waals surface area contributed by atoms with E-state index < -0.39 is 0 Å². The number of hydrogen-bond donors (Lipinski definition) is 0. The minimum atomic E-state index is -0.297. The van der Waals surface area contributed by atoms with Gasteiger partial charge in [0.1, 0.15) is 6.54 Å². The average molecular weight is 547 g/mol. The van der Waals surface area contributed by atoms with Gasteiger partial charge in [-0.05, 0) is 18.1 Å². The predicted octanol–water partition coefficient (Wildman–Crippen LogP) is 3.79. The molecule has 1 aliphatic rings. The third kappa shape index (κ3) is 7.32. The van der Waals surface area contributed by atoms with E-state index in [9.17, 15) is 9.59 Å². The maximum Gasteiger partial charge on any atom is 0.325 e. The number of nitrogens with zero attached hydrogens (tertiary/aromatic N) is 6. The summed E-state index contributed by atoms with van der Waals surface area (Å²) in [6.07, 6.45) is 1.80. The summed E-state index contributed by atoms with van der Waals surface area (Å²) in [5, 5.41) is 4.65. The van der Waals surface area contributed by atoms with Gasteiger partial charge in [0.05, 0.1) is 19.8 Å². The number of benzene rings is 2. The number of unbranched alkanes of at least 4 members (excludes halogenated alkanes) is 1. The molecule has 0 N–H and O–H groups in total. The molecule has 0 spiro atoms. The van der Waals surface area contributed by atoms with E-state index in [0.29, 0.717) is 61.8 Å². The van der Waals surface area contributed by atoms with Gasteiger partial charge in [0.25, 0.3) is 5.95 Å². The molecule has 0 saturated carbocycles. The van der Waals surface area contributed by atoms with E-state index in [2.05, 4.69) is 16.9 Å². The number of esters is 1. The van der Waals surface area contributed by atoms with E-state index in [1.165, 1.54) is 0 Å². The molecule has 4 rings (SSSR count). The zero-order valence-corrected chi connectivity index (χ0v) is 23.7. The highest BCUT2D eigenvalue weighted by molar-refractivity contribution is 6.09. The third-order valence-electron chi connectivity index (χ3n) is 6.79. The molecule has 40 heavy (non-hydrogen) atoms. The van der Waals surface area contributed by atoms with Crippen molar-refractivity contribution < 1.29 is 19.1 Å². The molecule has 0 aliphatic carbocycles. The second-order valence-corrected chi connectivity index (χ2v) is 9.88. The van der Waals surface area contributed by atoms with Crippen molar-refractivity contribution in [2.75, 3.05) is 46.5 Å². The molecule has 10 nitrogen and oxygen atoms in total. The van der Waals surface area contributed by atoms with Crippen molar-refractivity contribution in [3.63, 3.8) is 0 Å². The molecule has 10 heteroatoms. The number of carbonyl (C=O) groups excluding carboxylic acids is 2. The van der Waals surface area contributed by atoms with E-state index in [1.54, 1.807) is 16.6 Å². The van der Waals surface area contributed by atoms with Crippen LogP contribution in [-0.4, -0.2) is 88.8 Å². The first-order chi connectivity index (χ1) is 19.4. The molecule has 1 aromatic heterocycles. The van der Waals surface area contributed by atoms with Crippen LogP contribution in [0.4, 0.5) is 5.95 Å². The van der Waals surface area contributed by atoms with E-state index in [0.717, 1.165) is 18.4 Å². The largest absolute Gasteiger partial charge is 0.464 e. The van der Waals surface area contributed by atoms with E-state index in [4.69, 9.17) is 19.5 Å². The number of morpholine rings is 1. The van der Waals surface area contributed by atoms with Gasteiger partial charge >= 0.3 is 5.97 Å². The van der Waals surface area contributed by atoms with Crippen LogP contribution < -0.4 is 0 Å². The lowest BCUT2D eigenvalue weighted by Crippen LogP contribution is -2.49. The zero-order chi connectivity index (χ0) is 28.5. The van der Waals surface area contributed by atoms with Crippen molar-refractivity contribution in [2.24, 2.45) is 12.0 Å². The smallest absolute Gasteiger partial charge is 0.325 e. The van der Waals surface area contributed by atoms with Crippen LogP contribution >= 0.6 is 0 Å². The SMILES string of the molecule is CCCCOC(=O)CN(C)/C(=N\c1nc(C(C)c2cccc(C(=O)c3ccccc3)c2)nn1C)N1CCOCC1. The summed E-state index contributed by atoms with van der Waals surface area (Å²) in [5.41, 5.74) is 2.20. The van der Waals surface area contributed by atoms with Crippen molar-refractivity contribution in [2.45, 2.75) is 32.6 Å². The van der Waals surface area contributed by atoms with Crippen LogP contribution in [0.15, 0.2) is 59.6 Å². The molecular weight excluding hydrogens is 508 g/mol. The lowest BCUT2D eigenvalue weighted by molar-refractivity contribution is -0.144. The van der Waals surface area contributed by atoms with Crippen LogP contribution in [0.25, 0.3) is 0 Å². The van der Waals surface area contributed by atoms with Crippen LogP contribution in [0.5, 0.6) is 0 Å². The second-order valence-electron chi connectivity index (χ2n) is 9.88. The highest BCUT2D eigenvalue weighted by Crippen LogP contribution is 2.25. The third-order valence-corrected chi connectivity index (χ3v) is 6.79. The molecule has 0 amide bonds. The van der Waals surface area contributed by atoms with Gasteiger partial charge in [-0.2, -0.15) is 15.1 Å². The number of aromatic nitrogens is 3. The van der Waals surface area contributed by atoms with E-state index >= 15 is 0 Å². The van der Waals surface area contributed by atoms with Crippen LogP contribution in [0.2, 0.25) is 0 Å². The number of aryl methyl sites for hydroxylation is 1. The normalized spacial score (nSPS) is 14.6. The van der Waals surface area contributed by atoms with Gasteiger partial charge in [-0.15, -0.1) is 0 Å². The Kier molecular flexibility index (Phi) is 10.0. The lowest BCUT2D eigenvalue weighted by atomic mass is 9.95. The summed E-state index contributed by atoms with van der Waals surface area (Å²) in [6.45, 7) is 7.00. The Hall–Kier alpha value is -4.05. The maximum atomic E-state index is 13.0. The summed E-state index contributed by atoms with van der Waals surface area (Å²) in [6, 6.07) is 16.8. The minimum absolute atomic E-state index is 0.0275. The monoisotopic (exact) mass is 546 g/mol. The number of ketones is 1. The number of rotatable bonds is 10. The highest BCUT2D eigenvalue weighted by Gasteiger charge is 2.24. The fraction of sp³-hybridized carbons (Fsp3) is 0.433. The molecule has 1 saturated heterocycles. The molecule has 2 aromatic carbocycles. The van der Waals surface area contributed by atoms with Gasteiger partial charge < -0.3 is 19.3 Å². The van der Waals surface area contributed by atoms with Crippen molar-refractivity contribution in [1.82, 2.24) is 24.6 Å². The molecule has 0 bridgehead atoms. The van der Waals surface area contributed by atoms with Crippen molar-refractivity contribution in [3.8, 4) is 0 Å². The molecule has 1 unspecified atom stereocenters. The summed E-state index contributed by atoms with van der Waals surface area (Å²) >= 11 is 0. The average Bonchev–Trinajstić information content (AvgIpc) is 3.35. The second kappa shape index (κ2) is 13.8. The number of guanidine groups is 1. The minimum Gasteiger partial charge on any atom is -0.464 e. The highest BCUT2D eigenvalue weighted by atomic mass is 16.5. The Labute approximate surface area is 235 Å². The van der Waals surface area contributed by atoms with E-state index in [-0.39, 0.29) is 24.2 Å². The number of aliphatic imine (C=N–C) groups is 1. The number of likely N-dealkylation sites (N-methyl/N-ethyl adjacent to an activating group) is 1. The van der Waals surface area contributed by atoms with Gasteiger partial charge in [0, 0.05) is 44.2 Å². The molecule has 0 radical (unpaired) electrons. The molecule has 2 heterocycles. The number of carbonyl (C=O) groups is 2. The molecule has 3 aromatic rings. The summed E-state index contributed by atoms with van der Waals surface area (Å²) in [5.74, 6) is 1.13. The molecule has 1 aliphatic heterocycles.